The minimum absolute atomic E-state index is 0.0163. The van der Waals surface area contributed by atoms with E-state index in [2.05, 4.69) is 0 Å². The molecule has 0 bridgehead atoms. The lowest BCUT2D eigenvalue weighted by Gasteiger charge is -2.22. The maximum Gasteiger partial charge on any atom is 0.333 e. The zero-order valence-corrected chi connectivity index (χ0v) is 10.5. The van der Waals surface area contributed by atoms with E-state index < -0.39 is 0 Å². The third-order valence-electron chi connectivity index (χ3n) is 2.20. The van der Waals surface area contributed by atoms with Gasteiger partial charge in [0.2, 0.25) is 0 Å². The van der Waals surface area contributed by atoms with Crippen LogP contribution >= 0.6 is 0 Å². The third-order valence-corrected chi connectivity index (χ3v) is 2.20. The molecular formula is C10H22N2O3. The van der Waals surface area contributed by atoms with Gasteiger partial charge in [-0.1, -0.05) is 0 Å². The van der Waals surface area contributed by atoms with E-state index in [9.17, 15) is 4.79 Å². The van der Waals surface area contributed by atoms with E-state index in [1.54, 1.807) is 0 Å². The molecule has 0 radical (unpaired) electrons. The molecule has 0 amide bonds. The largest absolute Gasteiger partial charge is 0.445 e. The maximum absolute atomic E-state index is 11.3. The number of ether oxygens (including phenoxy) is 2. The van der Waals surface area contributed by atoms with Crippen LogP contribution in [0.2, 0.25) is 0 Å². The van der Waals surface area contributed by atoms with Gasteiger partial charge in [-0.3, -0.25) is 9.80 Å². The van der Waals surface area contributed by atoms with Gasteiger partial charge >= 0.3 is 5.97 Å². The molecule has 0 aliphatic rings. The molecule has 5 heteroatoms. The fourth-order valence-electron chi connectivity index (χ4n) is 0.667. The highest BCUT2D eigenvalue weighted by molar-refractivity contribution is 5.70. The summed E-state index contributed by atoms with van der Waals surface area (Å²) in [6.45, 7) is 3.67. The Morgan fingerprint density at radius 2 is 1.53 bits per heavy atom. The Morgan fingerprint density at radius 1 is 1.07 bits per heavy atom. The van der Waals surface area contributed by atoms with Crippen LogP contribution in [0.3, 0.4) is 0 Å². The van der Waals surface area contributed by atoms with Crippen molar-refractivity contribution in [2.45, 2.75) is 26.3 Å². The van der Waals surface area contributed by atoms with Crippen LogP contribution in [0.25, 0.3) is 0 Å². The Balaban J connectivity index is 3.76. The Labute approximate surface area is 91.9 Å². The predicted molar refractivity (Wildman–Crippen MR) is 58.3 cm³/mol. The molecule has 0 aliphatic carbocycles. The van der Waals surface area contributed by atoms with E-state index in [4.69, 9.17) is 9.47 Å². The molecule has 0 N–H and O–H groups in total. The quantitative estimate of drug-likeness (QED) is 0.476. The molecular weight excluding hydrogens is 196 g/mol. The summed E-state index contributed by atoms with van der Waals surface area (Å²) in [6, 6.07) is 0. The molecule has 0 aromatic rings. The molecule has 0 aliphatic heterocycles. The van der Waals surface area contributed by atoms with E-state index >= 15 is 0 Å². The van der Waals surface area contributed by atoms with E-state index in [-0.39, 0.29) is 25.0 Å². The Hall–Kier alpha value is -0.650. The number of hydrogen-bond donors (Lipinski definition) is 0. The fraction of sp³-hybridized carbons (Fsp3) is 0.900. The van der Waals surface area contributed by atoms with Crippen molar-refractivity contribution in [1.29, 1.82) is 0 Å². The van der Waals surface area contributed by atoms with Crippen LogP contribution in [0.4, 0.5) is 0 Å². The van der Waals surface area contributed by atoms with Gasteiger partial charge in [0.05, 0.1) is 0 Å². The smallest absolute Gasteiger partial charge is 0.333 e. The van der Waals surface area contributed by atoms with Crippen molar-refractivity contribution >= 4 is 5.97 Å². The molecule has 0 fully saturated rings. The zero-order chi connectivity index (χ0) is 12.0. The second-order valence-electron chi connectivity index (χ2n) is 3.93. The summed E-state index contributed by atoms with van der Waals surface area (Å²) < 4.78 is 10.4. The molecule has 0 aromatic heterocycles. The lowest BCUT2D eigenvalue weighted by Crippen LogP contribution is -2.34. The Bertz CT molecular complexity index is 195. The second kappa shape index (κ2) is 6.76. The standard InChI is InChI=1S/C10H22N2O3/c1-8(11(3)4)14-7-10(13)15-9(2)12(5)6/h8-9H,7H2,1-6H3. The van der Waals surface area contributed by atoms with Crippen LogP contribution in [0.15, 0.2) is 0 Å². The molecule has 0 spiro atoms. The van der Waals surface area contributed by atoms with Gasteiger partial charge in [0, 0.05) is 0 Å². The fourth-order valence-corrected chi connectivity index (χ4v) is 0.667. The molecule has 15 heavy (non-hydrogen) atoms. The summed E-state index contributed by atoms with van der Waals surface area (Å²) in [5, 5.41) is 0. The molecule has 2 unspecified atom stereocenters. The molecule has 0 aromatic carbocycles. The van der Waals surface area contributed by atoms with Crippen molar-refractivity contribution in [2.75, 3.05) is 34.8 Å². The van der Waals surface area contributed by atoms with Crippen molar-refractivity contribution < 1.29 is 14.3 Å². The van der Waals surface area contributed by atoms with Gasteiger partial charge in [-0.15, -0.1) is 0 Å². The van der Waals surface area contributed by atoms with Crippen molar-refractivity contribution in [3.05, 3.63) is 0 Å². The average Bonchev–Trinajstić information content (AvgIpc) is 2.13. The highest BCUT2D eigenvalue weighted by atomic mass is 16.6. The van der Waals surface area contributed by atoms with Gasteiger partial charge in [0.25, 0.3) is 0 Å². The predicted octanol–water partition coefficient (Wildman–Crippen LogP) is 0.361. The normalized spacial score (nSPS) is 15.5. The summed E-state index contributed by atoms with van der Waals surface area (Å²) in [4.78, 5) is 15.0. The first-order chi connectivity index (χ1) is 6.84. The lowest BCUT2D eigenvalue weighted by atomic mass is 10.5. The van der Waals surface area contributed by atoms with Crippen LogP contribution in [-0.4, -0.2) is 63.0 Å². The zero-order valence-electron chi connectivity index (χ0n) is 10.5. The van der Waals surface area contributed by atoms with Crippen LogP contribution < -0.4 is 0 Å². The van der Waals surface area contributed by atoms with Gasteiger partial charge < -0.3 is 9.47 Å². The van der Waals surface area contributed by atoms with Gasteiger partial charge in [-0.2, -0.15) is 0 Å². The number of rotatable bonds is 6. The highest BCUT2D eigenvalue weighted by Crippen LogP contribution is 1.98. The Kier molecular flexibility index (Phi) is 6.47. The second-order valence-corrected chi connectivity index (χ2v) is 3.93. The monoisotopic (exact) mass is 218 g/mol. The molecule has 0 rings (SSSR count). The van der Waals surface area contributed by atoms with E-state index in [0.717, 1.165) is 0 Å². The van der Waals surface area contributed by atoms with Gasteiger partial charge in [0.1, 0.15) is 12.8 Å². The summed E-state index contributed by atoms with van der Waals surface area (Å²) in [5.41, 5.74) is 0. The minimum Gasteiger partial charge on any atom is -0.445 e. The van der Waals surface area contributed by atoms with Crippen LogP contribution in [0.1, 0.15) is 13.8 Å². The summed E-state index contributed by atoms with van der Waals surface area (Å²) in [7, 11) is 7.47. The third kappa shape index (κ3) is 6.43. The first-order valence-corrected chi connectivity index (χ1v) is 4.98. The average molecular weight is 218 g/mol. The molecule has 5 nitrogen and oxygen atoms in total. The molecule has 0 saturated heterocycles. The van der Waals surface area contributed by atoms with Crippen molar-refractivity contribution in [3.63, 3.8) is 0 Å². The summed E-state index contributed by atoms with van der Waals surface area (Å²) in [5.74, 6) is -0.343. The number of nitrogens with zero attached hydrogens (tertiary/aromatic N) is 2. The number of esters is 1. The Morgan fingerprint density at radius 3 is 1.93 bits per heavy atom. The first kappa shape index (κ1) is 14.3. The SMILES string of the molecule is CC(OCC(=O)OC(C)N(C)C)N(C)C. The van der Waals surface area contributed by atoms with Gasteiger partial charge in [0.15, 0.2) is 6.23 Å². The van der Waals surface area contributed by atoms with E-state index in [1.165, 1.54) is 0 Å². The van der Waals surface area contributed by atoms with Crippen LogP contribution in [0.5, 0.6) is 0 Å². The first-order valence-electron chi connectivity index (χ1n) is 4.98. The van der Waals surface area contributed by atoms with Crippen LogP contribution in [0, 0.1) is 0 Å². The van der Waals surface area contributed by atoms with E-state index in [0.29, 0.717) is 0 Å². The van der Waals surface area contributed by atoms with Crippen molar-refractivity contribution in [3.8, 4) is 0 Å². The van der Waals surface area contributed by atoms with Crippen molar-refractivity contribution in [1.82, 2.24) is 9.80 Å². The number of carbonyl (C=O) groups excluding carboxylic acids is 1. The molecule has 0 heterocycles. The van der Waals surface area contributed by atoms with Gasteiger partial charge in [-0.25, -0.2) is 4.79 Å². The van der Waals surface area contributed by atoms with Crippen LogP contribution in [-0.2, 0) is 14.3 Å². The van der Waals surface area contributed by atoms with Crippen molar-refractivity contribution in [2.24, 2.45) is 0 Å². The number of hydrogen-bond acceptors (Lipinski definition) is 5. The molecule has 0 saturated carbocycles. The summed E-state index contributed by atoms with van der Waals surface area (Å²) >= 11 is 0. The lowest BCUT2D eigenvalue weighted by molar-refractivity contribution is -0.165. The molecule has 90 valence electrons. The highest BCUT2D eigenvalue weighted by Gasteiger charge is 2.13. The molecule has 2 atom stereocenters. The van der Waals surface area contributed by atoms with Gasteiger partial charge in [-0.05, 0) is 42.0 Å². The summed E-state index contributed by atoms with van der Waals surface area (Å²) in [6.07, 6.45) is -0.317. The topological polar surface area (TPSA) is 42.0 Å². The maximum atomic E-state index is 11.3. The number of carbonyl (C=O) groups is 1. The van der Waals surface area contributed by atoms with E-state index in [1.807, 2.05) is 51.8 Å². The minimum atomic E-state index is -0.343.